The average molecular weight is 219 g/mol. The van der Waals surface area contributed by atoms with Crippen molar-refractivity contribution < 1.29 is 0 Å². The van der Waals surface area contributed by atoms with Crippen molar-refractivity contribution in [3.63, 3.8) is 0 Å². The number of fused-ring (bicyclic) bond motifs is 2. The first-order valence-electron chi connectivity index (χ1n) is 7.22. The summed E-state index contributed by atoms with van der Waals surface area (Å²) in [6.07, 6.45) is 12.2. The summed E-state index contributed by atoms with van der Waals surface area (Å²) in [5, 5.41) is 3.75. The first-order chi connectivity index (χ1) is 7.83. The average Bonchev–Trinajstić information content (AvgIpc) is 2.96. The first kappa shape index (κ1) is 10.8. The van der Waals surface area contributed by atoms with E-state index in [1.807, 2.05) is 0 Å². The summed E-state index contributed by atoms with van der Waals surface area (Å²) >= 11 is 0. The number of nitrogens with one attached hydrogen (secondary N) is 1. The van der Waals surface area contributed by atoms with Crippen LogP contribution in [0.15, 0.2) is 12.2 Å². The predicted molar refractivity (Wildman–Crippen MR) is 68.2 cm³/mol. The summed E-state index contributed by atoms with van der Waals surface area (Å²) in [6.45, 7) is 4.98. The number of rotatable bonds is 4. The number of hydrogen-bond acceptors (Lipinski definition) is 1. The van der Waals surface area contributed by atoms with Crippen LogP contribution in [0.1, 0.15) is 39.0 Å². The second-order valence-corrected chi connectivity index (χ2v) is 6.37. The lowest BCUT2D eigenvalue weighted by Crippen LogP contribution is -2.30. The molecule has 0 heterocycles. The fourth-order valence-corrected chi connectivity index (χ4v) is 4.11. The molecule has 0 spiro atoms. The lowest BCUT2D eigenvalue weighted by Gasteiger charge is -2.21. The fourth-order valence-electron chi connectivity index (χ4n) is 4.11. The number of hydrogen-bond donors (Lipinski definition) is 1. The highest BCUT2D eigenvalue weighted by atomic mass is 14.9. The molecule has 3 aliphatic carbocycles. The lowest BCUT2D eigenvalue weighted by atomic mass is 9.93. The minimum absolute atomic E-state index is 0.915. The molecule has 3 rings (SSSR count). The molecule has 90 valence electrons. The molecule has 3 aliphatic rings. The van der Waals surface area contributed by atoms with Gasteiger partial charge in [-0.3, -0.25) is 0 Å². The van der Waals surface area contributed by atoms with Crippen LogP contribution in [0.4, 0.5) is 0 Å². The third-order valence-electron chi connectivity index (χ3n) is 5.27. The van der Waals surface area contributed by atoms with E-state index in [-0.39, 0.29) is 0 Å². The smallest absolute Gasteiger partial charge is 0.00146 e. The Bertz CT molecular complexity index is 271. The first-order valence-corrected chi connectivity index (χ1v) is 7.22. The zero-order valence-electron chi connectivity index (χ0n) is 10.5. The molecule has 5 unspecified atom stereocenters. The van der Waals surface area contributed by atoms with Gasteiger partial charge in [0.2, 0.25) is 0 Å². The standard InChI is InChI=1S/C15H25N/c1-11-3-2-4-14(11)9-16-10-15-8-12-5-6-13(15)7-12/h5-6,11-16H,2-4,7-10H2,1H3. The summed E-state index contributed by atoms with van der Waals surface area (Å²) in [5.74, 6) is 4.73. The van der Waals surface area contributed by atoms with E-state index in [1.54, 1.807) is 0 Å². The summed E-state index contributed by atoms with van der Waals surface area (Å²) in [7, 11) is 0. The normalized spacial score (nSPS) is 45.7. The van der Waals surface area contributed by atoms with Gasteiger partial charge in [-0.25, -0.2) is 0 Å². The molecule has 1 N–H and O–H groups in total. The van der Waals surface area contributed by atoms with Gasteiger partial charge in [-0.05, 0) is 61.9 Å². The van der Waals surface area contributed by atoms with Crippen molar-refractivity contribution >= 4 is 0 Å². The summed E-state index contributed by atoms with van der Waals surface area (Å²) < 4.78 is 0. The molecule has 2 bridgehead atoms. The van der Waals surface area contributed by atoms with Crippen molar-refractivity contribution in [2.45, 2.75) is 39.0 Å². The highest BCUT2D eigenvalue weighted by molar-refractivity contribution is 5.10. The van der Waals surface area contributed by atoms with E-state index in [1.165, 1.54) is 45.2 Å². The third kappa shape index (κ3) is 2.07. The highest BCUT2D eigenvalue weighted by Gasteiger charge is 2.35. The lowest BCUT2D eigenvalue weighted by molar-refractivity contribution is 0.354. The van der Waals surface area contributed by atoms with Gasteiger partial charge in [-0.2, -0.15) is 0 Å². The van der Waals surface area contributed by atoms with Crippen molar-refractivity contribution in [2.75, 3.05) is 13.1 Å². The van der Waals surface area contributed by atoms with Gasteiger partial charge in [-0.1, -0.05) is 31.9 Å². The van der Waals surface area contributed by atoms with E-state index in [2.05, 4.69) is 24.4 Å². The SMILES string of the molecule is CC1CCCC1CNCC1CC2C=CC1C2. The molecule has 0 aromatic rings. The molecular formula is C15H25N. The topological polar surface area (TPSA) is 12.0 Å². The Labute approximate surface area is 99.7 Å². The molecular weight excluding hydrogens is 194 g/mol. The van der Waals surface area contributed by atoms with Crippen LogP contribution in [-0.4, -0.2) is 13.1 Å². The van der Waals surface area contributed by atoms with Gasteiger partial charge in [0.25, 0.3) is 0 Å². The van der Waals surface area contributed by atoms with Gasteiger partial charge in [0.15, 0.2) is 0 Å². The van der Waals surface area contributed by atoms with E-state index in [4.69, 9.17) is 0 Å². The van der Waals surface area contributed by atoms with Crippen LogP contribution in [0, 0.1) is 29.6 Å². The van der Waals surface area contributed by atoms with Gasteiger partial charge < -0.3 is 5.32 Å². The van der Waals surface area contributed by atoms with E-state index in [9.17, 15) is 0 Å². The van der Waals surface area contributed by atoms with E-state index in [0.29, 0.717) is 0 Å². The van der Waals surface area contributed by atoms with Crippen molar-refractivity contribution in [1.29, 1.82) is 0 Å². The van der Waals surface area contributed by atoms with Crippen LogP contribution in [0.5, 0.6) is 0 Å². The van der Waals surface area contributed by atoms with Crippen LogP contribution in [0.3, 0.4) is 0 Å². The van der Waals surface area contributed by atoms with Gasteiger partial charge in [0.05, 0.1) is 0 Å². The Kier molecular flexibility index (Phi) is 3.06. The van der Waals surface area contributed by atoms with E-state index >= 15 is 0 Å². The van der Waals surface area contributed by atoms with Gasteiger partial charge in [0.1, 0.15) is 0 Å². The summed E-state index contributed by atoms with van der Waals surface area (Å²) in [5.41, 5.74) is 0. The Morgan fingerprint density at radius 1 is 1.06 bits per heavy atom. The second-order valence-electron chi connectivity index (χ2n) is 6.37. The van der Waals surface area contributed by atoms with Gasteiger partial charge in [-0.15, -0.1) is 0 Å². The Hall–Kier alpha value is -0.300. The van der Waals surface area contributed by atoms with Crippen LogP contribution in [0.2, 0.25) is 0 Å². The molecule has 0 aliphatic heterocycles. The maximum absolute atomic E-state index is 3.75. The molecule has 0 amide bonds. The zero-order valence-corrected chi connectivity index (χ0v) is 10.5. The zero-order chi connectivity index (χ0) is 11.0. The van der Waals surface area contributed by atoms with E-state index in [0.717, 1.165) is 29.6 Å². The molecule has 1 heteroatoms. The molecule has 5 atom stereocenters. The molecule has 0 radical (unpaired) electrons. The van der Waals surface area contributed by atoms with Crippen molar-refractivity contribution in [2.24, 2.45) is 29.6 Å². The fraction of sp³-hybridized carbons (Fsp3) is 0.867. The van der Waals surface area contributed by atoms with Crippen LogP contribution < -0.4 is 5.32 Å². The molecule has 2 saturated carbocycles. The van der Waals surface area contributed by atoms with Crippen molar-refractivity contribution in [1.82, 2.24) is 5.32 Å². The quantitative estimate of drug-likeness (QED) is 0.716. The Balaban J connectivity index is 1.39. The van der Waals surface area contributed by atoms with Crippen LogP contribution >= 0.6 is 0 Å². The maximum atomic E-state index is 3.75. The molecule has 0 saturated heterocycles. The van der Waals surface area contributed by atoms with Crippen molar-refractivity contribution in [3.8, 4) is 0 Å². The highest BCUT2D eigenvalue weighted by Crippen LogP contribution is 2.43. The van der Waals surface area contributed by atoms with Gasteiger partial charge >= 0.3 is 0 Å². The third-order valence-corrected chi connectivity index (χ3v) is 5.27. The maximum Gasteiger partial charge on any atom is -0.00146 e. The number of allylic oxidation sites excluding steroid dienone is 2. The minimum atomic E-state index is 0.915. The monoisotopic (exact) mass is 219 g/mol. The second kappa shape index (κ2) is 4.52. The summed E-state index contributed by atoms with van der Waals surface area (Å²) in [4.78, 5) is 0. The minimum Gasteiger partial charge on any atom is -0.316 e. The molecule has 0 aromatic carbocycles. The Morgan fingerprint density at radius 3 is 2.56 bits per heavy atom. The van der Waals surface area contributed by atoms with Crippen molar-refractivity contribution in [3.05, 3.63) is 12.2 Å². The predicted octanol–water partition coefficient (Wildman–Crippen LogP) is 3.22. The van der Waals surface area contributed by atoms with Crippen LogP contribution in [0.25, 0.3) is 0 Å². The summed E-state index contributed by atoms with van der Waals surface area (Å²) in [6, 6.07) is 0. The Morgan fingerprint density at radius 2 is 1.94 bits per heavy atom. The molecule has 0 aromatic heterocycles. The van der Waals surface area contributed by atoms with E-state index < -0.39 is 0 Å². The molecule has 1 nitrogen and oxygen atoms in total. The largest absolute Gasteiger partial charge is 0.316 e. The van der Waals surface area contributed by atoms with Crippen LogP contribution in [-0.2, 0) is 0 Å². The molecule has 16 heavy (non-hydrogen) atoms. The van der Waals surface area contributed by atoms with Gasteiger partial charge in [0, 0.05) is 0 Å². The molecule has 2 fully saturated rings.